The molecule has 2 aliphatic rings. The molecule has 0 saturated carbocycles. The van der Waals surface area contributed by atoms with Gasteiger partial charge >= 0.3 is 0 Å². The Morgan fingerprint density at radius 1 is 1.26 bits per heavy atom. The number of hydrogen-bond donors (Lipinski definition) is 1. The molecule has 23 heavy (non-hydrogen) atoms. The van der Waals surface area contributed by atoms with Crippen molar-refractivity contribution in [3.05, 3.63) is 35.9 Å². The van der Waals surface area contributed by atoms with Crippen LogP contribution >= 0.6 is 0 Å². The lowest BCUT2D eigenvalue weighted by molar-refractivity contribution is -0.313. The van der Waals surface area contributed by atoms with Crippen LogP contribution in [0.15, 0.2) is 30.3 Å². The Bertz CT molecular complexity index is 547. The number of benzene rings is 1. The molecule has 0 spiro atoms. The molecule has 1 N–H and O–H groups in total. The monoisotopic (exact) mass is 316 g/mol. The highest BCUT2D eigenvalue weighted by Crippen LogP contribution is 2.35. The average Bonchev–Trinajstić information content (AvgIpc) is 2.59. The van der Waals surface area contributed by atoms with E-state index >= 15 is 0 Å². The topological polar surface area (TPSA) is 47.9 Å². The van der Waals surface area contributed by atoms with Crippen LogP contribution in [0.3, 0.4) is 0 Å². The summed E-state index contributed by atoms with van der Waals surface area (Å²) in [6.07, 6.45) is 3.44. The van der Waals surface area contributed by atoms with Crippen LogP contribution < -0.4 is 0 Å². The highest BCUT2D eigenvalue weighted by molar-refractivity contribution is 5.13. The van der Waals surface area contributed by atoms with Gasteiger partial charge in [0.25, 0.3) is 0 Å². The summed E-state index contributed by atoms with van der Waals surface area (Å²) in [6.45, 7) is 1.85. The van der Waals surface area contributed by atoms with Gasteiger partial charge < -0.3 is 19.3 Å². The summed E-state index contributed by atoms with van der Waals surface area (Å²) in [5, 5.41) is 10.3. The van der Waals surface area contributed by atoms with E-state index < -0.39 is 5.79 Å². The molecule has 4 nitrogen and oxygen atoms in total. The Hall–Kier alpha value is -1.38. The number of fused-ring (bicyclic) bond motifs is 1. The SMILES string of the molecule is OC12CC[C@@H](C#CCCOCc3ccccc3)O[C@H]1CCCO2. The molecule has 2 saturated heterocycles. The molecule has 1 aromatic rings. The van der Waals surface area contributed by atoms with Gasteiger partial charge in [-0.3, -0.25) is 0 Å². The molecule has 4 heteroatoms. The number of ether oxygens (including phenoxy) is 3. The van der Waals surface area contributed by atoms with Crippen molar-refractivity contribution in [3.63, 3.8) is 0 Å². The van der Waals surface area contributed by atoms with Crippen LogP contribution in [-0.2, 0) is 20.8 Å². The minimum absolute atomic E-state index is 0.101. The standard InChI is InChI=1S/C19H24O4/c20-19-12-11-17(23-18(19)10-6-14-22-19)9-4-5-13-21-15-16-7-2-1-3-8-16/h1-3,7-8,17-18,20H,5-6,10-15H2/t17-,18+,19?/m1/s1. The van der Waals surface area contributed by atoms with Gasteiger partial charge in [0, 0.05) is 12.8 Å². The molecular weight excluding hydrogens is 292 g/mol. The Kier molecular flexibility index (Phi) is 5.69. The normalized spacial score (nSPS) is 30.1. The molecule has 2 aliphatic heterocycles. The zero-order valence-electron chi connectivity index (χ0n) is 13.4. The van der Waals surface area contributed by atoms with Crippen LogP contribution in [0.1, 0.15) is 37.7 Å². The Labute approximate surface area is 137 Å². The summed E-state index contributed by atoms with van der Waals surface area (Å²) in [5.41, 5.74) is 1.17. The van der Waals surface area contributed by atoms with E-state index in [-0.39, 0.29) is 12.2 Å². The quantitative estimate of drug-likeness (QED) is 0.685. The van der Waals surface area contributed by atoms with Crippen molar-refractivity contribution < 1.29 is 19.3 Å². The fourth-order valence-corrected chi connectivity index (χ4v) is 3.03. The van der Waals surface area contributed by atoms with Gasteiger partial charge in [-0.25, -0.2) is 0 Å². The first-order valence-corrected chi connectivity index (χ1v) is 8.38. The Morgan fingerprint density at radius 3 is 3.00 bits per heavy atom. The van der Waals surface area contributed by atoms with Crippen molar-refractivity contribution in [2.45, 2.75) is 56.7 Å². The molecule has 3 rings (SSSR count). The smallest absolute Gasteiger partial charge is 0.192 e. The minimum Gasteiger partial charge on any atom is -0.376 e. The lowest BCUT2D eigenvalue weighted by atomic mass is 9.92. The minimum atomic E-state index is -1.09. The molecule has 1 aromatic carbocycles. The average molecular weight is 316 g/mol. The summed E-state index contributed by atoms with van der Waals surface area (Å²) in [6, 6.07) is 10.1. The Balaban J connectivity index is 1.37. The lowest BCUT2D eigenvalue weighted by Gasteiger charge is -2.44. The zero-order valence-corrected chi connectivity index (χ0v) is 13.4. The fourth-order valence-electron chi connectivity index (χ4n) is 3.03. The molecule has 2 fully saturated rings. The van der Waals surface area contributed by atoms with Crippen molar-refractivity contribution in [1.82, 2.24) is 0 Å². The zero-order chi connectivity index (χ0) is 16.0. The first-order valence-electron chi connectivity index (χ1n) is 8.38. The van der Waals surface area contributed by atoms with Crippen molar-refractivity contribution >= 4 is 0 Å². The fraction of sp³-hybridized carbons (Fsp3) is 0.579. The van der Waals surface area contributed by atoms with Gasteiger partial charge in [-0.15, -0.1) is 0 Å². The summed E-state index contributed by atoms with van der Waals surface area (Å²) >= 11 is 0. The van der Waals surface area contributed by atoms with E-state index in [1.54, 1.807) is 0 Å². The molecule has 1 unspecified atom stereocenters. The molecule has 0 aliphatic carbocycles. The van der Waals surface area contributed by atoms with Crippen LogP contribution in [-0.4, -0.2) is 36.3 Å². The van der Waals surface area contributed by atoms with Gasteiger partial charge in [-0.05, 0) is 24.8 Å². The van der Waals surface area contributed by atoms with Crippen LogP contribution in [0, 0.1) is 11.8 Å². The first kappa shape index (κ1) is 16.5. The van der Waals surface area contributed by atoms with Crippen LogP contribution in [0.2, 0.25) is 0 Å². The molecule has 124 valence electrons. The van der Waals surface area contributed by atoms with E-state index in [1.165, 1.54) is 5.56 Å². The molecule has 2 heterocycles. The summed E-state index contributed by atoms with van der Waals surface area (Å²) in [5.74, 6) is 5.19. The maximum atomic E-state index is 10.3. The number of hydrogen-bond acceptors (Lipinski definition) is 4. The predicted octanol–water partition coefficient (Wildman–Crippen LogP) is 2.64. The number of rotatable bonds is 4. The molecule has 0 radical (unpaired) electrons. The van der Waals surface area contributed by atoms with Crippen LogP contribution in [0.25, 0.3) is 0 Å². The number of aliphatic hydroxyl groups is 1. The van der Waals surface area contributed by atoms with E-state index in [9.17, 15) is 5.11 Å². The van der Waals surface area contributed by atoms with Gasteiger partial charge in [0.2, 0.25) is 0 Å². The van der Waals surface area contributed by atoms with E-state index in [0.717, 1.165) is 12.8 Å². The lowest BCUT2D eigenvalue weighted by Crippen LogP contribution is -2.54. The van der Waals surface area contributed by atoms with E-state index in [2.05, 4.69) is 24.0 Å². The second kappa shape index (κ2) is 7.94. The van der Waals surface area contributed by atoms with E-state index in [0.29, 0.717) is 39.1 Å². The van der Waals surface area contributed by atoms with Gasteiger partial charge in [-0.1, -0.05) is 42.2 Å². The molecule has 0 aromatic heterocycles. The molecule has 3 atom stereocenters. The third-order valence-corrected chi connectivity index (χ3v) is 4.31. The van der Waals surface area contributed by atoms with Crippen molar-refractivity contribution in [2.75, 3.05) is 13.2 Å². The highest BCUT2D eigenvalue weighted by atomic mass is 16.7. The highest BCUT2D eigenvalue weighted by Gasteiger charge is 2.45. The Morgan fingerprint density at radius 2 is 2.13 bits per heavy atom. The molecular formula is C19H24O4. The second-order valence-corrected chi connectivity index (χ2v) is 6.10. The van der Waals surface area contributed by atoms with Crippen LogP contribution in [0.4, 0.5) is 0 Å². The van der Waals surface area contributed by atoms with Gasteiger partial charge in [0.15, 0.2) is 5.79 Å². The maximum Gasteiger partial charge on any atom is 0.192 e. The van der Waals surface area contributed by atoms with E-state index in [4.69, 9.17) is 14.2 Å². The summed E-state index contributed by atoms with van der Waals surface area (Å²) in [7, 11) is 0. The third kappa shape index (κ3) is 4.55. The second-order valence-electron chi connectivity index (χ2n) is 6.10. The van der Waals surface area contributed by atoms with Crippen molar-refractivity contribution in [3.8, 4) is 11.8 Å². The van der Waals surface area contributed by atoms with Crippen LogP contribution in [0.5, 0.6) is 0 Å². The molecule has 0 amide bonds. The van der Waals surface area contributed by atoms with Gasteiger partial charge in [-0.2, -0.15) is 0 Å². The van der Waals surface area contributed by atoms with Gasteiger partial charge in [0.1, 0.15) is 12.2 Å². The maximum absolute atomic E-state index is 10.3. The summed E-state index contributed by atoms with van der Waals surface area (Å²) in [4.78, 5) is 0. The van der Waals surface area contributed by atoms with Gasteiger partial charge in [0.05, 0.1) is 19.8 Å². The first-order chi connectivity index (χ1) is 11.3. The van der Waals surface area contributed by atoms with Crippen molar-refractivity contribution in [2.24, 2.45) is 0 Å². The predicted molar refractivity (Wildman–Crippen MR) is 86.5 cm³/mol. The third-order valence-electron chi connectivity index (χ3n) is 4.31. The summed E-state index contributed by atoms with van der Waals surface area (Å²) < 4.78 is 17.0. The molecule has 0 bridgehead atoms. The van der Waals surface area contributed by atoms with E-state index in [1.807, 2.05) is 18.2 Å². The largest absolute Gasteiger partial charge is 0.376 e. The van der Waals surface area contributed by atoms with Crippen molar-refractivity contribution in [1.29, 1.82) is 0 Å².